The monoisotopic (exact) mass is 300 g/mol. The second-order valence-corrected chi connectivity index (χ2v) is 6.16. The van der Waals surface area contributed by atoms with Crippen LogP contribution in [0.5, 0.6) is 0 Å². The van der Waals surface area contributed by atoms with Crippen molar-refractivity contribution in [1.82, 2.24) is 20.2 Å². The summed E-state index contributed by atoms with van der Waals surface area (Å²) < 4.78 is 0. The smallest absolute Gasteiger partial charge is 0.220 e. The number of amides is 1. The van der Waals surface area contributed by atoms with E-state index in [9.17, 15) is 4.79 Å². The lowest BCUT2D eigenvalue weighted by atomic mass is 10.1. The number of fused-ring (bicyclic) bond motifs is 1. The zero-order valence-electron chi connectivity index (χ0n) is 13.1. The lowest BCUT2D eigenvalue weighted by Crippen LogP contribution is -2.32. The number of hydrogen-bond donors (Lipinski definition) is 2. The van der Waals surface area contributed by atoms with Crippen molar-refractivity contribution in [2.24, 2.45) is 0 Å². The Morgan fingerprint density at radius 3 is 3.05 bits per heavy atom. The van der Waals surface area contributed by atoms with Crippen molar-refractivity contribution in [3.63, 3.8) is 0 Å². The van der Waals surface area contributed by atoms with Crippen molar-refractivity contribution in [3.8, 4) is 0 Å². The van der Waals surface area contributed by atoms with E-state index in [4.69, 9.17) is 0 Å². The summed E-state index contributed by atoms with van der Waals surface area (Å²) in [6.07, 6.45) is 5.82. The van der Waals surface area contributed by atoms with E-state index in [1.165, 1.54) is 25.9 Å². The molecule has 5 heteroatoms. The van der Waals surface area contributed by atoms with Gasteiger partial charge in [0.2, 0.25) is 5.91 Å². The van der Waals surface area contributed by atoms with Crippen LogP contribution in [0.4, 0.5) is 0 Å². The van der Waals surface area contributed by atoms with E-state index in [0.717, 1.165) is 23.0 Å². The number of likely N-dealkylation sites (tertiary alicyclic amines) is 1. The van der Waals surface area contributed by atoms with Crippen LogP contribution in [0.1, 0.15) is 38.2 Å². The van der Waals surface area contributed by atoms with Crippen molar-refractivity contribution in [2.75, 3.05) is 13.1 Å². The minimum atomic E-state index is 0.135. The van der Waals surface area contributed by atoms with Gasteiger partial charge in [-0.05, 0) is 57.0 Å². The molecule has 0 radical (unpaired) electrons. The lowest BCUT2D eigenvalue weighted by molar-refractivity contribution is -0.121. The molecule has 22 heavy (non-hydrogen) atoms. The second kappa shape index (κ2) is 6.92. The molecule has 2 aromatic rings. The van der Waals surface area contributed by atoms with Crippen LogP contribution < -0.4 is 5.32 Å². The van der Waals surface area contributed by atoms with Crippen molar-refractivity contribution in [3.05, 3.63) is 30.1 Å². The van der Waals surface area contributed by atoms with E-state index < -0.39 is 0 Å². The number of H-pyrrole nitrogens is 1. The number of aromatic amines is 1. The Kier molecular flexibility index (Phi) is 4.73. The molecule has 118 valence electrons. The summed E-state index contributed by atoms with van der Waals surface area (Å²) in [5.41, 5.74) is 3.06. The molecule has 3 rings (SSSR count). The summed E-state index contributed by atoms with van der Waals surface area (Å²) in [4.78, 5) is 21.8. The highest BCUT2D eigenvalue weighted by Crippen LogP contribution is 2.15. The number of hydrogen-bond acceptors (Lipinski definition) is 3. The summed E-state index contributed by atoms with van der Waals surface area (Å²) >= 11 is 0. The Hall–Kier alpha value is -1.88. The minimum Gasteiger partial charge on any atom is -0.352 e. The van der Waals surface area contributed by atoms with Gasteiger partial charge in [0.15, 0.2) is 0 Å². The van der Waals surface area contributed by atoms with E-state index in [2.05, 4.69) is 27.1 Å². The van der Waals surface area contributed by atoms with E-state index >= 15 is 0 Å². The van der Waals surface area contributed by atoms with Crippen LogP contribution in [0.15, 0.2) is 24.5 Å². The molecule has 1 aromatic carbocycles. The molecule has 0 saturated carbocycles. The molecule has 0 spiro atoms. The maximum Gasteiger partial charge on any atom is 0.220 e. The Balaban J connectivity index is 1.43. The summed E-state index contributed by atoms with van der Waals surface area (Å²) in [5, 5.41) is 3.01. The largest absolute Gasteiger partial charge is 0.352 e. The molecule has 1 aliphatic heterocycles. The predicted molar refractivity (Wildman–Crippen MR) is 87.4 cm³/mol. The van der Waals surface area contributed by atoms with E-state index in [0.29, 0.717) is 19.0 Å². The minimum absolute atomic E-state index is 0.135. The summed E-state index contributed by atoms with van der Waals surface area (Å²) in [5.74, 6) is 0.135. The molecule has 1 atom stereocenters. The van der Waals surface area contributed by atoms with Gasteiger partial charge in [0.25, 0.3) is 0 Å². The molecule has 1 saturated heterocycles. The first-order chi connectivity index (χ1) is 10.7. The number of imidazole rings is 1. The topological polar surface area (TPSA) is 61.0 Å². The van der Waals surface area contributed by atoms with Crippen molar-refractivity contribution in [1.29, 1.82) is 0 Å². The number of rotatable bonds is 6. The Labute approximate surface area is 131 Å². The van der Waals surface area contributed by atoms with Crippen molar-refractivity contribution < 1.29 is 4.79 Å². The molecular weight excluding hydrogens is 276 g/mol. The van der Waals surface area contributed by atoms with Gasteiger partial charge in [0, 0.05) is 19.0 Å². The Morgan fingerprint density at radius 2 is 2.23 bits per heavy atom. The van der Waals surface area contributed by atoms with Crippen LogP contribution in [-0.2, 0) is 11.3 Å². The van der Waals surface area contributed by atoms with Crippen LogP contribution >= 0.6 is 0 Å². The molecule has 5 nitrogen and oxygen atoms in total. The van der Waals surface area contributed by atoms with Gasteiger partial charge >= 0.3 is 0 Å². The highest BCUT2D eigenvalue weighted by Gasteiger charge is 2.18. The van der Waals surface area contributed by atoms with Gasteiger partial charge in [-0.15, -0.1) is 0 Å². The average molecular weight is 300 g/mol. The number of nitrogens with one attached hydrogen (secondary N) is 2. The van der Waals surface area contributed by atoms with Gasteiger partial charge < -0.3 is 15.2 Å². The third-order valence-corrected chi connectivity index (χ3v) is 4.53. The number of carbonyl (C=O) groups excluding carboxylic acids is 1. The molecule has 1 amide bonds. The van der Waals surface area contributed by atoms with Gasteiger partial charge in [0.05, 0.1) is 17.4 Å². The van der Waals surface area contributed by atoms with Crippen LogP contribution in [0, 0.1) is 0 Å². The quantitative estimate of drug-likeness (QED) is 0.861. The third-order valence-electron chi connectivity index (χ3n) is 4.53. The van der Waals surface area contributed by atoms with Gasteiger partial charge in [-0.1, -0.05) is 6.07 Å². The third kappa shape index (κ3) is 3.65. The first-order valence-electron chi connectivity index (χ1n) is 8.15. The SMILES string of the molecule is C[C@@H](CCC(=O)NCc1ccc2nc[nH]c2c1)N1CCCC1. The molecule has 1 aromatic heterocycles. The molecular formula is C17H24N4O. The normalized spacial score (nSPS) is 17.0. The van der Waals surface area contributed by atoms with Gasteiger partial charge in [-0.3, -0.25) is 4.79 Å². The first kappa shape index (κ1) is 15.0. The van der Waals surface area contributed by atoms with Crippen LogP contribution in [-0.4, -0.2) is 39.9 Å². The highest BCUT2D eigenvalue weighted by molar-refractivity contribution is 5.77. The summed E-state index contributed by atoms with van der Waals surface area (Å²) in [7, 11) is 0. The molecule has 1 fully saturated rings. The summed E-state index contributed by atoms with van der Waals surface area (Å²) in [6, 6.07) is 6.53. The maximum atomic E-state index is 12.0. The molecule has 0 bridgehead atoms. The fraction of sp³-hybridized carbons (Fsp3) is 0.529. The zero-order chi connectivity index (χ0) is 15.4. The van der Waals surface area contributed by atoms with Crippen molar-refractivity contribution in [2.45, 2.75) is 45.2 Å². The fourth-order valence-electron chi connectivity index (χ4n) is 3.09. The molecule has 0 aliphatic carbocycles. The van der Waals surface area contributed by atoms with Crippen molar-refractivity contribution >= 4 is 16.9 Å². The predicted octanol–water partition coefficient (Wildman–Crippen LogP) is 2.44. The molecule has 0 unspecified atom stereocenters. The zero-order valence-corrected chi connectivity index (χ0v) is 13.1. The molecule has 1 aliphatic rings. The molecule has 2 heterocycles. The van der Waals surface area contributed by atoms with Gasteiger partial charge in [0.1, 0.15) is 0 Å². The first-order valence-corrected chi connectivity index (χ1v) is 8.15. The van der Waals surface area contributed by atoms with Crippen LogP contribution in [0.3, 0.4) is 0 Å². The van der Waals surface area contributed by atoms with E-state index in [1.807, 2.05) is 18.2 Å². The lowest BCUT2D eigenvalue weighted by Gasteiger charge is -2.23. The standard InChI is InChI=1S/C17H24N4O/c1-13(21-8-2-3-9-21)4-7-17(22)18-11-14-5-6-15-16(10-14)20-12-19-15/h5-6,10,12-13H,2-4,7-9,11H2,1H3,(H,18,22)(H,19,20)/t13-/m0/s1. The molecule has 2 N–H and O–H groups in total. The van der Waals surface area contributed by atoms with Gasteiger partial charge in [-0.2, -0.15) is 0 Å². The number of carbonyl (C=O) groups is 1. The number of nitrogens with zero attached hydrogens (tertiary/aromatic N) is 2. The summed E-state index contributed by atoms with van der Waals surface area (Å²) in [6.45, 7) is 5.18. The highest BCUT2D eigenvalue weighted by atomic mass is 16.1. The van der Waals surface area contributed by atoms with E-state index in [-0.39, 0.29) is 5.91 Å². The fourth-order valence-corrected chi connectivity index (χ4v) is 3.09. The maximum absolute atomic E-state index is 12.0. The van der Waals surface area contributed by atoms with Crippen LogP contribution in [0.2, 0.25) is 0 Å². The Morgan fingerprint density at radius 1 is 1.41 bits per heavy atom. The Bertz CT molecular complexity index is 630. The van der Waals surface area contributed by atoms with E-state index in [1.54, 1.807) is 6.33 Å². The van der Waals surface area contributed by atoms with Crippen LogP contribution in [0.25, 0.3) is 11.0 Å². The number of benzene rings is 1. The average Bonchev–Trinajstić information content (AvgIpc) is 3.20. The van der Waals surface area contributed by atoms with Gasteiger partial charge in [-0.25, -0.2) is 4.98 Å². The number of aromatic nitrogens is 2. The second-order valence-electron chi connectivity index (χ2n) is 6.16.